The molecule has 4 N–H and O–H groups in total. The number of anilines is 3. The molecule has 0 fully saturated rings. The van der Waals surface area contributed by atoms with Crippen LogP contribution in [-0.2, 0) is 4.74 Å². The van der Waals surface area contributed by atoms with Crippen LogP contribution >= 0.6 is 0 Å². The summed E-state index contributed by atoms with van der Waals surface area (Å²) in [4.78, 5) is 24.3. The van der Waals surface area contributed by atoms with E-state index in [0.29, 0.717) is 34.1 Å². The van der Waals surface area contributed by atoms with Gasteiger partial charge in [0.15, 0.2) is 0 Å². The largest absolute Gasteiger partial charge is 0.455 e. The first-order valence-corrected chi connectivity index (χ1v) is 10.1. The van der Waals surface area contributed by atoms with Crippen molar-refractivity contribution in [1.82, 2.24) is 0 Å². The van der Waals surface area contributed by atoms with Gasteiger partial charge in [0, 0.05) is 16.9 Å². The van der Waals surface area contributed by atoms with Crippen LogP contribution < -0.4 is 21.1 Å². The predicted molar refractivity (Wildman–Crippen MR) is 126 cm³/mol. The number of rotatable bonds is 5. The molecule has 0 unspecified atom stereocenters. The van der Waals surface area contributed by atoms with Gasteiger partial charge < -0.3 is 20.5 Å². The van der Waals surface area contributed by atoms with E-state index in [2.05, 4.69) is 10.6 Å². The molecular formula is C25H27N3O4. The highest BCUT2D eigenvalue weighted by Gasteiger charge is 2.16. The summed E-state index contributed by atoms with van der Waals surface area (Å²) in [5.74, 6) is 0.692. The molecule has 0 heterocycles. The van der Waals surface area contributed by atoms with Crippen LogP contribution in [0, 0.1) is 6.92 Å². The van der Waals surface area contributed by atoms with Crippen molar-refractivity contribution in [2.45, 2.75) is 33.3 Å². The Balaban J connectivity index is 1.62. The van der Waals surface area contributed by atoms with Crippen molar-refractivity contribution in [1.29, 1.82) is 0 Å². The molecule has 0 aliphatic rings. The van der Waals surface area contributed by atoms with Crippen molar-refractivity contribution in [3.63, 3.8) is 0 Å². The van der Waals surface area contributed by atoms with Gasteiger partial charge in [0.25, 0.3) is 5.91 Å². The van der Waals surface area contributed by atoms with Crippen molar-refractivity contribution in [3.05, 3.63) is 77.9 Å². The molecule has 0 bridgehead atoms. The zero-order chi connectivity index (χ0) is 23.3. The normalized spacial score (nSPS) is 10.9. The fourth-order valence-corrected chi connectivity index (χ4v) is 2.78. The van der Waals surface area contributed by atoms with Gasteiger partial charge >= 0.3 is 6.09 Å². The number of aryl methyl sites for hydroxylation is 1. The first-order valence-electron chi connectivity index (χ1n) is 10.1. The molecular weight excluding hydrogens is 406 g/mol. The third-order valence-corrected chi connectivity index (χ3v) is 4.31. The van der Waals surface area contributed by atoms with Gasteiger partial charge in [-0.05, 0) is 82.3 Å². The first kappa shape index (κ1) is 22.7. The third kappa shape index (κ3) is 6.50. The quantitative estimate of drug-likeness (QED) is 0.430. The number of carbonyl (C=O) groups is 2. The Kier molecular flexibility index (Phi) is 6.68. The summed E-state index contributed by atoms with van der Waals surface area (Å²) >= 11 is 0. The van der Waals surface area contributed by atoms with Crippen molar-refractivity contribution < 1.29 is 19.1 Å². The van der Waals surface area contributed by atoms with E-state index in [1.54, 1.807) is 63.2 Å². The average Bonchev–Trinajstić information content (AvgIpc) is 2.71. The molecule has 0 aliphatic heterocycles. The molecule has 2 amide bonds. The molecule has 0 aliphatic carbocycles. The van der Waals surface area contributed by atoms with Crippen LogP contribution in [0.15, 0.2) is 66.7 Å². The Hall–Kier alpha value is -4.00. The third-order valence-electron chi connectivity index (χ3n) is 4.31. The summed E-state index contributed by atoms with van der Waals surface area (Å²) in [6.07, 6.45) is -0.532. The number of hydrogen-bond acceptors (Lipinski definition) is 5. The zero-order valence-corrected chi connectivity index (χ0v) is 18.6. The highest BCUT2D eigenvalue weighted by Crippen LogP contribution is 2.29. The fourth-order valence-electron chi connectivity index (χ4n) is 2.78. The number of carbonyl (C=O) groups excluding carboxylic acids is 2. The highest BCUT2D eigenvalue weighted by molar-refractivity contribution is 6.05. The highest BCUT2D eigenvalue weighted by atomic mass is 16.6. The maximum Gasteiger partial charge on any atom is 0.412 e. The van der Waals surface area contributed by atoms with E-state index in [9.17, 15) is 9.59 Å². The Morgan fingerprint density at radius 2 is 1.44 bits per heavy atom. The molecule has 7 nitrogen and oxygen atoms in total. The minimum Gasteiger partial charge on any atom is -0.455 e. The van der Waals surface area contributed by atoms with Crippen molar-refractivity contribution >= 4 is 29.1 Å². The van der Waals surface area contributed by atoms with Crippen molar-refractivity contribution in [2.75, 3.05) is 16.4 Å². The van der Waals surface area contributed by atoms with Gasteiger partial charge in [0.05, 0.1) is 5.69 Å². The summed E-state index contributed by atoms with van der Waals surface area (Å²) in [5, 5.41) is 5.50. The van der Waals surface area contributed by atoms with Gasteiger partial charge in [-0.3, -0.25) is 10.1 Å². The summed E-state index contributed by atoms with van der Waals surface area (Å²) < 4.78 is 11.0. The Bertz CT molecular complexity index is 1100. The lowest BCUT2D eigenvalue weighted by Gasteiger charge is -2.19. The van der Waals surface area contributed by atoms with Crippen LogP contribution in [0.3, 0.4) is 0 Å². The molecule has 3 rings (SSSR count). The Morgan fingerprint density at radius 1 is 0.844 bits per heavy atom. The monoisotopic (exact) mass is 433 g/mol. The molecule has 7 heteroatoms. The standard InChI is InChI=1S/C25H27N3O4/c1-16-5-8-18(9-6-16)27-23(29)17-7-14-22(21(26)15-17)31-20-12-10-19(11-13-20)28-24(30)32-25(2,3)4/h5-15H,26H2,1-4H3,(H,27,29)(H,28,30). The lowest BCUT2D eigenvalue weighted by Crippen LogP contribution is -2.27. The van der Waals surface area contributed by atoms with Gasteiger partial charge in [0.2, 0.25) is 0 Å². The molecule has 0 radical (unpaired) electrons. The fraction of sp³-hybridized carbons (Fsp3) is 0.200. The number of nitrogens with two attached hydrogens (primary N) is 1. The number of hydrogen-bond donors (Lipinski definition) is 3. The average molecular weight is 434 g/mol. The van der Waals surface area contributed by atoms with Gasteiger partial charge in [-0.1, -0.05) is 17.7 Å². The number of ether oxygens (including phenoxy) is 2. The molecule has 3 aromatic carbocycles. The lowest BCUT2D eigenvalue weighted by atomic mass is 10.1. The van der Waals surface area contributed by atoms with Crippen LogP contribution in [0.4, 0.5) is 21.9 Å². The molecule has 0 saturated heterocycles. The summed E-state index contributed by atoms with van der Waals surface area (Å²) in [6, 6.07) is 19.2. The van der Waals surface area contributed by atoms with E-state index in [0.717, 1.165) is 5.56 Å². The van der Waals surface area contributed by atoms with Crippen LogP contribution in [0.2, 0.25) is 0 Å². The summed E-state index contributed by atoms with van der Waals surface area (Å²) in [5.41, 5.74) is 8.67. The summed E-state index contributed by atoms with van der Waals surface area (Å²) in [6.45, 7) is 7.37. The molecule has 0 atom stereocenters. The van der Waals surface area contributed by atoms with Gasteiger partial charge in [0.1, 0.15) is 17.1 Å². The van der Waals surface area contributed by atoms with Crippen molar-refractivity contribution in [2.24, 2.45) is 0 Å². The number of benzene rings is 3. The Morgan fingerprint density at radius 3 is 2.03 bits per heavy atom. The second-order valence-corrected chi connectivity index (χ2v) is 8.33. The van der Waals surface area contributed by atoms with E-state index in [1.807, 2.05) is 31.2 Å². The van der Waals surface area contributed by atoms with Crippen molar-refractivity contribution in [3.8, 4) is 11.5 Å². The zero-order valence-electron chi connectivity index (χ0n) is 18.6. The van der Waals surface area contributed by atoms with E-state index in [4.69, 9.17) is 15.2 Å². The predicted octanol–water partition coefficient (Wildman–Crippen LogP) is 5.97. The van der Waals surface area contributed by atoms with E-state index in [-0.39, 0.29) is 5.91 Å². The maximum absolute atomic E-state index is 12.5. The van der Waals surface area contributed by atoms with E-state index < -0.39 is 11.7 Å². The van der Waals surface area contributed by atoms with Crippen LogP contribution in [0.1, 0.15) is 36.7 Å². The maximum atomic E-state index is 12.5. The minimum atomic E-state index is -0.576. The Labute approximate surface area is 187 Å². The molecule has 0 aromatic heterocycles. The van der Waals surface area contributed by atoms with Crippen LogP contribution in [0.25, 0.3) is 0 Å². The number of nitrogens with one attached hydrogen (secondary N) is 2. The van der Waals surface area contributed by atoms with Gasteiger partial charge in [-0.15, -0.1) is 0 Å². The second kappa shape index (κ2) is 9.43. The van der Waals surface area contributed by atoms with Gasteiger partial charge in [-0.2, -0.15) is 0 Å². The minimum absolute atomic E-state index is 0.260. The first-order chi connectivity index (χ1) is 15.1. The van der Waals surface area contributed by atoms with Crippen LogP contribution in [0.5, 0.6) is 11.5 Å². The molecule has 166 valence electrons. The summed E-state index contributed by atoms with van der Waals surface area (Å²) in [7, 11) is 0. The van der Waals surface area contributed by atoms with E-state index >= 15 is 0 Å². The second-order valence-electron chi connectivity index (χ2n) is 8.33. The molecule has 0 spiro atoms. The van der Waals surface area contributed by atoms with E-state index in [1.165, 1.54) is 0 Å². The smallest absolute Gasteiger partial charge is 0.412 e. The molecule has 32 heavy (non-hydrogen) atoms. The lowest BCUT2D eigenvalue weighted by molar-refractivity contribution is 0.0635. The van der Waals surface area contributed by atoms with Gasteiger partial charge in [-0.25, -0.2) is 4.79 Å². The molecule has 3 aromatic rings. The SMILES string of the molecule is Cc1ccc(NC(=O)c2ccc(Oc3ccc(NC(=O)OC(C)(C)C)cc3)c(N)c2)cc1. The molecule has 0 saturated carbocycles. The topological polar surface area (TPSA) is 103 Å². The van der Waals surface area contributed by atoms with Crippen LogP contribution in [-0.4, -0.2) is 17.6 Å². The number of amides is 2. The number of nitrogen functional groups attached to an aromatic ring is 1.